The van der Waals surface area contributed by atoms with Gasteiger partial charge in [-0.1, -0.05) is 24.3 Å². The van der Waals surface area contributed by atoms with Crippen molar-refractivity contribution in [3.05, 3.63) is 54.4 Å². The van der Waals surface area contributed by atoms with E-state index in [1.807, 2.05) is 45.9 Å². The Hall–Kier alpha value is -3.89. The summed E-state index contributed by atoms with van der Waals surface area (Å²) in [5, 5.41) is 17.4. The van der Waals surface area contributed by atoms with E-state index in [0.29, 0.717) is 22.8 Å². The number of carbonyl (C=O) groups is 2. The Balaban J connectivity index is 1.50. The van der Waals surface area contributed by atoms with Crippen molar-refractivity contribution in [2.45, 2.75) is 97.0 Å². The standard InChI is InChI=1S/C36H48BN4O10/c1-10-15-47-35(44)40(19(2)3)26-18-48-27(17-21(26)5)50-30-32(45-8)36(7,22(6)49-33(30)51-39-37)31(42)28-29-23(13-14-38-28)24-16-20(4)11-12-25(24)41(29)34(43)46-9/h10-14,16,19,21-22,26-27,30-33,42H,1,15,17-18H2,2-9H3. The number of nitrogens with zero attached hydrogens (tertiary/aromatic N) is 4. The van der Waals surface area contributed by atoms with Gasteiger partial charge in [-0.05, 0) is 6.92 Å². The normalized spacial score (nSPS) is 28.7. The fourth-order valence-corrected chi connectivity index (χ4v) is 7.54. The van der Waals surface area contributed by atoms with Gasteiger partial charge in [-0.3, -0.25) is 0 Å². The van der Waals surface area contributed by atoms with E-state index < -0.39 is 54.6 Å². The number of carbonyl (C=O) groups excluding carboxylic acids is 2. The van der Waals surface area contributed by atoms with Crippen LogP contribution in [-0.4, -0.2) is 110 Å². The van der Waals surface area contributed by atoms with Crippen LogP contribution in [0.15, 0.2) is 48.2 Å². The molecule has 1 aromatic carbocycles. The number of methoxy groups -OCH3 is 2. The molecule has 5 rings (SSSR count). The van der Waals surface area contributed by atoms with Crippen LogP contribution in [0.3, 0.4) is 0 Å². The van der Waals surface area contributed by atoms with Gasteiger partial charge in [-0.2, -0.15) is 0 Å². The molecular weight excluding hydrogens is 659 g/mol. The fourth-order valence-electron chi connectivity index (χ4n) is 7.54. The van der Waals surface area contributed by atoms with E-state index in [9.17, 15) is 14.7 Å². The third-order valence-electron chi connectivity index (χ3n) is 10.3. The zero-order chi connectivity index (χ0) is 37.2. The summed E-state index contributed by atoms with van der Waals surface area (Å²) >= 11 is 0. The molecule has 4 heterocycles. The van der Waals surface area contributed by atoms with Crippen LogP contribution in [0.4, 0.5) is 9.59 Å². The third-order valence-corrected chi connectivity index (χ3v) is 10.3. The van der Waals surface area contributed by atoms with Crippen molar-refractivity contribution in [3.63, 3.8) is 0 Å². The number of fused-ring (bicyclic) bond motifs is 3. The first-order valence-corrected chi connectivity index (χ1v) is 17.1. The number of hydrogen-bond acceptors (Lipinski definition) is 12. The summed E-state index contributed by atoms with van der Waals surface area (Å²) in [6, 6.07) is 7.09. The number of rotatable bonds is 11. The van der Waals surface area contributed by atoms with Crippen LogP contribution < -0.4 is 0 Å². The van der Waals surface area contributed by atoms with E-state index >= 15 is 0 Å². The molecule has 275 valence electrons. The second-order valence-corrected chi connectivity index (χ2v) is 13.7. The van der Waals surface area contributed by atoms with Crippen molar-refractivity contribution in [1.82, 2.24) is 14.5 Å². The summed E-state index contributed by atoms with van der Waals surface area (Å²) in [4.78, 5) is 38.0. The van der Waals surface area contributed by atoms with Crippen LogP contribution in [0.25, 0.3) is 21.8 Å². The number of amides is 1. The van der Waals surface area contributed by atoms with Crippen molar-refractivity contribution in [2.24, 2.45) is 16.4 Å². The van der Waals surface area contributed by atoms with E-state index in [0.717, 1.165) is 10.9 Å². The second-order valence-electron chi connectivity index (χ2n) is 13.7. The summed E-state index contributed by atoms with van der Waals surface area (Å²) in [7, 11) is 8.27. The Morgan fingerprint density at radius 2 is 2.00 bits per heavy atom. The third kappa shape index (κ3) is 7.01. The Morgan fingerprint density at radius 3 is 2.63 bits per heavy atom. The summed E-state index contributed by atoms with van der Waals surface area (Å²) in [6.07, 6.45) is -3.51. The van der Waals surface area contributed by atoms with E-state index in [1.54, 1.807) is 31.0 Å². The molecule has 3 aromatic rings. The number of aliphatic hydroxyl groups excluding tert-OH is 1. The predicted molar refractivity (Wildman–Crippen MR) is 188 cm³/mol. The summed E-state index contributed by atoms with van der Waals surface area (Å²) in [5.74, 6) is -0.0620. The summed E-state index contributed by atoms with van der Waals surface area (Å²) in [6.45, 7) is 15.3. The number of benzene rings is 1. The number of aromatic nitrogens is 2. The predicted octanol–water partition coefficient (Wildman–Crippen LogP) is 5.36. The molecular formula is C36H48BN4O10. The molecule has 9 unspecified atom stereocenters. The van der Waals surface area contributed by atoms with Crippen molar-refractivity contribution < 1.29 is 48.0 Å². The Bertz CT molecular complexity index is 1750. The summed E-state index contributed by atoms with van der Waals surface area (Å²) < 4.78 is 37.2. The van der Waals surface area contributed by atoms with Gasteiger partial charge in [0.15, 0.2) is 0 Å². The van der Waals surface area contributed by atoms with Crippen molar-refractivity contribution in [2.75, 3.05) is 27.4 Å². The van der Waals surface area contributed by atoms with E-state index in [4.69, 9.17) is 40.9 Å². The van der Waals surface area contributed by atoms with E-state index in [1.165, 1.54) is 24.9 Å². The summed E-state index contributed by atoms with van der Waals surface area (Å²) in [5.41, 5.74) is 0.962. The van der Waals surface area contributed by atoms with E-state index in [2.05, 4.69) is 16.6 Å². The molecule has 0 bridgehead atoms. The molecule has 1 N–H and O–H groups in total. The number of hydrogen-bond donors (Lipinski definition) is 1. The second kappa shape index (κ2) is 15.8. The van der Waals surface area contributed by atoms with Crippen LogP contribution in [0.1, 0.15) is 58.4 Å². The van der Waals surface area contributed by atoms with Crippen molar-refractivity contribution in [3.8, 4) is 0 Å². The zero-order valence-corrected chi connectivity index (χ0v) is 30.5. The van der Waals surface area contributed by atoms with Crippen molar-refractivity contribution >= 4 is 41.6 Å². The van der Waals surface area contributed by atoms with Gasteiger partial charge in [-0.15, -0.1) is 0 Å². The van der Waals surface area contributed by atoms with Gasteiger partial charge in [0, 0.05) is 0 Å². The Labute approximate surface area is 299 Å². The van der Waals surface area contributed by atoms with Gasteiger partial charge in [0.05, 0.1) is 7.11 Å². The molecule has 0 spiro atoms. The minimum atomic E-state index is -1.37. The molecule has 14 nitrogen and oxygen atoms in total. The molecule has 1 amide bonds. The van der Waals surface area contributed by atoms with Gasteiger partial charge >= 0.3 is 254 Å². The number of ether oxygens (including phenoxy) is 6. The number of pyridine rings is 1. The molecule has 2 aliphatic heterocycles. The fraction of sp³-hybridized carbons (Fsp3) is 0.583. The molecule has 2 aliphatic rings. The topological polar surface area (TPSA) is 152 Å². The first-order valence-electron chi connectivity index (χ1n) is 17.1. The van der Waals surface area contributed by atoms with Gasteiger partial charge in [0.2, 0.25) is 0 Å². The van der Waals surface area contributed by atoms with Crippen LogP contribution >= 0.6 is 0 Å². The average Bonchev–Trinajstić information content (AvgIpc) is 3.43. The molecule has 0 aliphatic carbocycles. The molecule has 2 saturated heterocycles. The number of aliphatic hydroxyl groups is 1. The zero-order valence-electron chi connectivity index (χ0n) is 30.5. The maximum absolute atomic E-state index is 13.3. The maximum atomic E-state index is 13.3. The monoisotopic (exact) mass is 707 g/mol. The van der Waals surface area contributed by atoms with Gasteiger partial charge in [0.1, 0.15) is 6.61 Å². The van der Waals surface area contributed by atoms with Crippen LogP contribution in [0.5, 0.6) is 0 Å². The Morgan fingerprint density at radius 1 is 1.25 bits per heavy atom. The molecule has 1 radical (unpaired) electrons. The first-order chi connectivity index (χ1) is 24.3. The minimum absolute atomic E-state index is 0.0620. The molecule has 0 saturated carbocycles. The van der Waals surface area contributed by atoms with Crippen LogP contribution in [0.2, 0.25) is 0 Å². The first kappa shape index (κ1) is 38.3. The molecule has 15 heteroatoms. The van der Waals surface area contributed by atoms with Crippen LogP contribution in [-0.2, 0) is 33.3 Å². The van der Waals surface area contributed by atoms with E-state index in [-0.39, 0.29) is 36.9 Å². The van der Waals surface area contributed by atoms with Gasteiger partial charge in [0.25, 0.3) is 0 Å². The SMILES string of the molecule is [B]=NOC1OC(C)C(C)(C(O)c2nccc3c4cc(C)ccc4n(C(=O)OC)c23)C(OC)C1OC1CC(C)C(N(C(=O)OCC=C)C(C)C)CO1. The molecule has 2 aromatic heterocycles. The quantitative estimate of drug-likeness (QED) is 0.156. The van der Waals surface area contributed by atoms with Crippen LogP contribution in [0, 0.1) is 18.3 Å². The Kier molecular flexibility index (Phi) is 11.9. The molecule has 9 atom stereocenters. The molecule has 51 heavy (non-hydrogen) atoms. The van der Waals surface area contributed by atoms with Crippen molar-refractivity contribution in [1.29, 1.82) is 0 Å². The number of aryl methyl sites for hydroxylation is 1. The van der Waals surface area contributed by atoms with Gasteiger partial charge < -0.3 is 0 Å². The van der Waals surface area contributed by atoms with Gasteiger partial charge in [-0.25, -0.2) is 0 Å². The average molecular weight is 708 g/mol. The molecule has 2 fully saturated rings.